The molecule has 17 heavy (non-hydrogen) atoms. The molecule has 2 heterocycles. The van der Waals surface area contributed by atoms with Crippen LogP contribution in [0.25, 0.3) is 11.4 Å². The summed E-state index contributed by atoms with van der Waals surface area (Å²) in [5.41, 5.74) is 2.26. The summed E-state index contributed by atoms with van der Waals surface area (Å²) in [6.07, 6.45) is 5.41. The number of nitrogens with one attached hydrogen (secondary N) is 2. The molecule has 0 atom stereocenters. The number of hydrogen-bond acceptors (Lipinski definition) is 3. The first-order valence-corrected chi connectivity index (χ1v) is 5.74. The minimum absolute atomic E-state index is 0.113. The van der Waals surface area contributed by atoms with Crippen molar-refractivity contribution in [3.05, 3.63) is 36.4 Å². The summed E-state index contributed by atoms with van der Waals surface area (Å²) in [7, 11) is 0. The summed E-state index contributed by atoms with van der Waals surface area (Å²) in [6.45, 7) is 7.23. The van der Waals surface area contributed by atoms with Crippen molar-refractivity contribution in [2.45, 2.75) is 32.9 Å². The van der Waals surface area contributed by atoms with Crippen molar-refractivity contribution >= 4 is 0 Å². The van der Waals surface area contributed by atoms with Gasteiger partial charge in [0.1, 0.15) is 5.82 Å². The van der Waals surface area contributed by atoms with Crippen molar-refractivity contribution in [3.63, 3.8) is 0 Å². The molecule has 4 nitrogen and oxygen atoms in total. The molecule has 0 bridgehead atoms. The van der Waals surface area contributed by atoms with Crippen LogP contribution in [0.5, 0.6) is 0 Å². The first-order chi connectivity index (χ1) is 8.04. The van der Waals surface area contributed by atoms with Crippen molar-refractivity contribution in [1.82, 2.24) is 20.3 Å². The highest BCUT2D eigenvalue weighted by Crippen LogP contribution is 2.14. The summed E-state index contributed by atoms with van der Waals surface area (Å²) >= 11 is 0. The second kappa shape index (κ2) is 4.67. The van der Waals surface area contributed by atoms with Gasteiger partial charge in [0.25, 0.3) is 0 Å². The van der Waals surface area contributed by atoms with Gasteiger partial charge in [-0.1, -0.05) is 0 Å². The summed E-state index contributed by atoms with van der Waals surface area (Å²) < 4.78 is 0. The van der Waals surface area contributed by atoms with E-state index in [-0.39, 0.29) is 5.54 Å². The van der Waals surface area contributed by atoms with Gasteiger partial charge in [-0.05, 0) is 32.9 Å². The molecule has 0 saturated heterocycles. The highest BCUT2D eigenvalue weighted by Gasteiger charge is 2.09. The van der Waals surface area contributed by atoms with Crippen LogP contribution in [0.4, 0.5) is 0 Å². The highest BCUT2D eigenvalue weighted by atomic mass is 15.0. The van der Waals surface area contributed by atoms with Gasteiger partial charge >= 0.3 is 0 Å². The minimum atomic E-state index is 0.113. The van der Waals surface area contributed by atoms with Crippen LogP contribution in [-0.2, 0) is 6.54 Å². The first-order valence-electron chi connectivity index (χ1n) is 5.74. The molecular weight excluding hydrogens is 212 g/mol. The largest absolute Gasteiger partial charge is 0.341 e. The van der Waals surface area contributed by atoms with E-state index in [2.05, 4.69) is 41.0 Å². The first kappa shape index (κ1) is 11.8. The highest BCUT2D eigenvalue weighted by molar-refractivity contribution is 5.53. The van der Waals surface area contributed by atoms with Crippen molar-refractivity contribution in [2.75, 3.05) is 0 Å². The third-order valence-electron chi connectivity index (χ3n) is 2.39. The molecule has 2 aromatic rings. The molecule has 0 fully saturated rings. The average molecular weight is 230 g/mol. The molecular formula is C13H18N4. The normalized spacial score (nSPS) is 11.7. The van der Waals surface area contributed by atoms with E-state index in [1.165, 1.54) is 0 Å². The fraction of sp³-hybridized carbons (Fsp3) is 0.385. The Balaban J connectivity index is 2.07. The Morgan fingerprint density at radius 3 is 2.59 bits per heavy atom. The van der Waals surface area contributed by atoms with Crippen LogP contribution in [0, 0.1) is 0 Å². The van der Waals surface area contributed by atoms with E-state index in [9.17, 15) is 0 Å². The maximum Gasteiger partial charge on any atom is 0.137 e. The lowest BCUT2D eigenvalue weighted by Crippen LogP contribution is -2.35. The zero-order chi connectivity index (χ0) is 12.3. The number of H-pyrrole nitrogens is 1. The van der Waals surface area contributed by atoms with E-state index in [1.54, 1.807) is 12.4 Å². The topological polar surface area (TPSA) is 53.6 Å². The Hall–Kier alpha value is -1.68. The second-order valence-corrected chi connectivity index (χ2v) is 5.10. The molecule has 0 aliphatic heterocycles. The fourth-order valence-electron chi connectivity index (χ4n) is 1.47. The zero-order valence-electron chi connectivity index (χ0n) is 10.5. The molecule has 0 saturated carbocycles. The van der Waals surface area contributed by atoms with Crippen LogP contribution in [0.2, 0.25) is 0 Å². The zero-order valence-corrected chi connectivity index (χ0v) is 10.5. The van der Waals surface area contributed by atoms with E-state index < -0.39 is 0 Å². The van der Waals surface area contributed by atoms with E-state index >= 15 is 0 Å². The van der Waals surface area contributed by atoms with Crippen molar-refractivity contribution in [2.24, 2.45) is 0 Å². The average Bonchev–Trinajstić information content (AvgIpc) is 2.75. The monoisotopic (exact) mass is 230 g/mol. The van der Waals surface area contributed by atoms with Crippen LogP contribution >= 0.6 is 0 Å². The van der Waals surface area contributed by atoms with Crippen molar-refractivity contribution in [1.29, 1.82) is 0 Å². The van der Waals surface area contributed by atoms with Gasteiger partial charge in [0.15, 0.2) is 0 Å². The minimum Gasteiger partial charge on any atom is -0.341 e. The van der Waals surface area contributed by atoms with Gasteiger partial charge in [0.2, 0.25) is 0 Å². The number of aromatic nitrogens is 3. The molecule has 2 aromatic heterocycles. The molecule has 0 aliphatic rings. The molecule has 0 radical (unpaired) electrons. The standard InChI is InChI=1S/C13H18N4/c1-13(2,3)16-9-11-8-15-12(17-11)10-4-6-14-7-5-10/h4-8,16H,9H2,1-3H3,(H,15,17). The molecule has 4 heteroatoms. The Morgan fingerprint density at radius 2 is 1.94 bits per heavy atom. The van der Waals surface area contributed by atoms with Gasteiger partial charge in [0, 0.05) is 41.9 Å². The number of rotatable bonds is 3. The Kier molecular flexibility index (Phi) is 3.24. The lowest BCUT2D eigenvalue weighted by molar-refractivity contribution is 0.422. The third-order valence-corrected chi connectivity index (χ3v) is 2.39. The maximum atomic E-state index is 4.36. The molecule has 2 N–H and O–H groups in total. The maximum absolute atomic E-state index is 4.36. The second-order valence-electron chi connectivity index (χ2n) is 5.10. The van der Waals surface area contributed by atoms with E-state index in [1.807, 2.05) is 18.3 Å². The predicted molar refractivity (Wildman–Crippen MR) is 68.4 cm³/mol. The number of pyridine rings is 1. The van der Waals surface area contributed by atoms with Crippen molar-refractivity contribution < 1.29 is 0 Å². The summed E-state index contributed by atoms with van der Waals surface area (Å²) in [5.74, 6) is 0.887. The molecule has 0 aromatic carbocycles. The SMILES string of the molecule is CC(C)(C)NCc1cnc(-c2ccncc2)[nH]1. The van der Waals surface area contributed by atoms with E-state index in [4.69, 9.17) is 0 Å². The van der Waals surface area contributed by atoms with Gasteiger partial charge < -0.3 is 10.3 Å². The summed E-state index contributed by atoms with van der Waals surface area (Å²) in [5, 5.41) is 3.42. The Labute approximate surface area is 102 Å². The fourth-order valence-corrected chi connectivity index (χ4v) is 1.47. The third kappa shape index (κ3) is 3.39. The number of aromatic amines is 1. The predicted octanol–water partition coefficient (Wildman–Crippen LogP) is 2.36. The molecule has 0 aliphatic carbocycles. The molecule has 0 unspecified atom stereocenters. The van der Waals surface area contributed by atoms with Crippen LogP contribution < -0.4 is 5.32 Å². The van der Waals surface area contributed by atoms with Gasteiger partial charge in [0.05, 0.1) is 0 Å². The smallest absolute Gasteiger partial charge is 0.137 e. The van der Waals surface area contributed by atoms with Crippen LogP contribution in [0.1, 0.15) is 26.5 Å². The van der Waals surface area contributed by atoms with Crippen LogP contribution in [0.15, 0.2) is 30.7 Å². The molecule has 90 valence electrons. The van der Waals surface area contributed by atoms with E-state index in [0.717, 1.165) is 23.6 Å². The van der Waals surface area contributed by atoms with Crippen molar-refractivity contribution in [3.8, 4) is 11.4 Å². The molecule has 0 spiro atoms. The van der Waals surface area contributed by atoms with Crippen LogP contribution in [0.3, 0.4) is 0 Å². The Morgan fingerprint density at radius 1 is 1.24 bits per heavy atom. The lowest BCUT2D eigenvalue weighted by atomic mass is 10.1. The Bertz CT molecular complexity index is 468. The number of nitrogens with zero attached hydrogens (tertiary/aromatic N) is 2. The van der Waals surface area contributed by atoms with Gasteiger partial charge in [-0.25, -0.2) is 4.98 Å². The lowest BCUT2D eigenvalue weighted by Gasteiger charge is -2.19. The number of hydrogen-bond donors (Lipinski definition) is 2. The van der Waals surface area contributed by atoms with E-state index in [0.29, 0.717) is 0 Å². The van der Waals surface area contributed by atoms with Crippen LogP contribution in [-0.4, -0.2) is 20.5 Å². The molecule has 2 rings (SSSR count). The quantitative estimate of drug-likeness (QED) is 0.851. The summed E-state index contributed by atoms with van der Waals surface area (Å²) in [6, 6.07) is 3.89. The number of imidazole rings is 1. The van der Waals surface area contributed by atoms with Gasteiger partial charge in [-0.3, -0.25) is 4.98 Å². The summed E-state index contributed by atoms with van der Waals surface area (Å²) in [4.78, 5) is 11.7. The van der Waals surface area contributed by atoms with Gasteiger partial charge in [-0.2, -0.15) is 0 Å². The molecule has 0 amide bonds. The van der Waals surface area contributed by atoms with Gasteiger partial charge in [-0.15, -0.1) is 0 Å².